The fraction of sp³-hybridized carbons (Fsp3) is 0.143. The monoisotopic (exact) mass is 271 g/mol. The van der Waals surface area contributed by atoms with E-state index in [-0.39, 0.29) is 5.91 Å². The number of nitrogens with one attached hydrogen (secondary N) is 2. The summed E-state index contributed by atoms with van der Waals surface area (Å²) >= 11 is 0. The number of aromatic nitrogens is 2. The van der Waals surface area contributed by atoms with Crippen LogP contribution in [0.1, 0.15) is 16.2 Å². The molecule has 0 saturated heterocycles. The number of methoxy groups -OCH3 is 1. The van der Waals surface area contributed by atoms with E-state index >= 15 is 0 Å². The molecule has 102 valence electrons. The topological polar surface area (TPSA) is 80.2 Å². The van der Waals surface area contributed by atoms with Gasteiger partial charge in [0.05, 0.1) is 12.6 Å². The number of hydrogen-bond donors (Lipinski definition) is 2. The van der Waals surface area contributed by atoms with Crippen molar-refractivity contribution in [1.82, 2.24) is 10.1 Å². The number of nitrogens with zero attached hydrogens (tertiary/aromatic N) is 1. The minimum atomic E-state index is -0.281. The van der Waals surface area contributed by atoms with Crippen LogP contribution >= 0.6 is 0 Å². The fourth-order valence-corrected chi connectivity index (χ4v) is 2.03. The molecule has 0 radical (unpaired) electrons. The first-order valence-electron chi connectivity index (χ1n) is 6.08. The number of amides is 1. The number of hydrogen-bond acceptors (Lipinski definition) is 4. The number of aryl methyl sites for hydroxylation is 1. The number of carbonyl (C=O) groups is 1. The number of fused-ring (bicyclic) bond motifs is 1. The number of H-pyrrole nitrogens is 1. The van der Waals surface area contributed by atoms with Crippen molar-refractivity contribution in [2.24, 2.45) is 0 Å². The number of aromatic amines is 1. The Morgan fingerprint density at radius 3 is 2.95 bits per heavy atom. The van der Waals surface area contributed by atoms with E-state index in [4.69, 9.17) is 9.26 Å². The summed E-state index contributed by atoms with van der Waals surface area (Å²) in [5.41, 5.74) is 1.22. The first-order chi connectivity index (χ1) is 9.67. The van der Waals surface area contributed by atoms with Crippen molar-refractivity contribution in [3.05, 3.63) is 41.8 Å². The van der Waals surface area contributed by atoms with Crippen LogP contribution in [0.3, 0.4) is 0 Å². The number of anilines is 1. The van der Waals surface area contributed by atoms with Crippen LogP contribution in [0.25, 0.3) is 10.9 Å². The van der Waals surface area contributed by atoms with Crippen LogP contribution in [0.4, 0.5) is 5.82 Å². The zero-order chi connectivity index (χ0) is 14.1. The minimum Gasteiger partial charge on any atom is -0.495 e. The van der Waals surface area contributed by atoms with Crippen LogP contribution in [-0.4, -0.2) is 23.2 Å². The highest BCUT2D eigenvalue weighted by Gasteiger charge is 2.13. The average molecular weight is 271 g/mol. The Hall–Kier alpha value is -2.76. The number of para-hydroxylation sites is 1. The van der Waals surface area contributed by atoms with E-state index < -0.39 is 0 Å². The maximum atomic E-state index is 12.1. The lowest BCUT2D eigenvalue weighted by molar-refractivity contribution is 0.102. The third kappa shape index (κ3) is 2.11. The molecule has 0 spiro atoms. The number of ether oxygens (including phenoxy) is 1. The summed E-state index contributed by atoms with van der Waals surface area (Å²) in [5.74, 6) is 1.44. The predicted octanol–water partition coefficient (Wildman–Crippen LogP) is 2.73. The van der Waals surface area contributed by atoms with Gasteiger partial charge < -0.3 is 19.6 Å². The van der Waals surface area contributed by atoms with E-state index in [9.17, 15) is 4.79 Å². The summed E-state index contributed by atoms with van der Waals surface area (Å²) in [4.78, 5) is 15.2. The lowest BCUT2D eigenvalue weighted by atomic mass is 10.2. The summed E-state index contributed by atoms with van der Waals surface area (Å²) < 4.78 is 10.2. The summed E-state index contributed by atoms with van der Waals surface area (Å²) in [6, 6.07) is 9.03. The molecule has 6 heteroatoms. The van der Waals surface area contributed by atoms with Gasteiger partial charge in [-0.05, 0) is 19.1 Å². The van der Waals surface area contributed by atoms with Gasteiger partial charge in [-0.3, -0.25) is 4.79 Å². The van der Waals surface area contributed by atoms with Crippen molar-refractivity contribution in [2.45, 2.75) is 6.92 Å². The van der Waals surface area contributed by atoms with Crippen LogP contribution in [0.5, 0.6) is 5.75 Å². The molecule has 0 unspecified atom stereocenters. The summed E-state index contributed by atoms with van der Waals surface area (Å²) in [6.07, 6.45) is 0. The first kappa shape index (κ1) is 12.3. The Morgan fingerprint density at radius 1 is 1.40 bits per heavy atom. The van der Waals surface area contributed by atoms with E-state index in [2.05, 4.69) is 15.5 Å². The molecule has 0 aliphatic rings. The smallest absolute Gasteiger partial charge is 0.273 e. The molecular formula is C14H13N3O3. The van der Waals surface area contributed by atoms with Crippen LogP contribution < -0.4 is 10.1 Å². The highest BCUT2D eigenvalue weighted by atomic mass is 16.5. The Kier molecular flexibility index (Phi) is 2.90. The van der Waals surface area contributed by atoms with Crippen molar-refractivity contribution in [3.8, 4) is 5.75 Å². The zero-order valence-electron chi connectivity index (χ0n) is 11.1. The molecule has 20 heavy (non-hydrogen) atoms. The van der Waals surface area contributed by atoms with Crippen LogP contribution in [0, 0.1) is 6.92 Å². The van der Waals surface area contributed by atoms with Gasteiger partial charge >= 0.3 is 0 Å². The Labute approximate surface area is 114 Å². The minimum absolute atomic E-state index is 0.281. The Morgan fingerprint density at radius 2 is 2.25 bits per heavy atom. The molecule has 0 bridgehead atoms. The van der Waals surface area contributed by atoms with Gasteiger partial charge in [-0.1, -0.05) is 17.3 Å². The summed E-state index contributed by atoms with van der Waals surface area (Å²) in [7, 11) is 1.59. The molecule has 3 rings (SSSR count). The molecular weight excluding hydrogens is 258 g/mol. The highest BCUT2D eigenvalue weighted by molar-refractivity contribution is 6.06. The van der Waals surface area contributed by atoms with Crippen molar-refractivity contribution in [3.63, 3.8) is 0 Å². The maximum absolute atomic E-state index is 12.1. The molecule has 1 amide bonds. The first-order valence-corrected chi connectivity index (χ1v) is 6.08. The van der Waals surface area contributed by atoms with Crippen LogP contribution in [0.2, 0.25) is 0 Å². The molecule has 0 aliphatic heterocycles. The Balaban J connectivity index is 1.92. The zero-order valence-corrected chi connectivity index (χ0v) is 11.1. The standard InChI is InChI=1S/C14H13N3O3/c1-8-6-12(17-20-8)16-14(18)10-7-9-4-3-5-11(19-2)13(9)15-10/h3-7,15H,1-2H3,(H,16,17,18). The van der Waals surface area contributed by atoms with Crippen molar-refractivity contribution in [1.29, 1.82) is 0 Å². The van der Waals surface area contributed by atoms with Gasteiger partial charge in [0.15, 0.2) is 5.82 Å². The van der Waals surface area contributed by atoms with Crippen LogP contribution in [-0.2, 0) is 0 Å². The van der Waals surface area contributed by atoms with Crippen molar-refractivity contribution < 1.29 is 14.1 Å². The van der Waals surface area contributed by atoms with E-state index in [1.54, 1.807) is 26.2 Å². The largest absolute Gasteiger partial charge is 0.495 e. The second-order valence-corrected chi connectivity index (χ2v) is 4.38. The molecule has 2 N–H and O–H groups in total. The fourth-order valence-electron chi connectivity index (χ4n) is 2.03. The lowest BCUT2D eigenvalue weighted by Crippen LogP contribution is -2.12. The maximum Gasteiger partial charge on any atom is 0.273 e. The second kappa shape index (κ2) is 4.73. The van der Waals surface area contributed by atoms with E-state index in [1.165, 1.54) is 0 Å². The third-order valence-electron chi connectivity index (χ3n) is 2.95. The van der Waals surface area contributed by atoms with Gasteiger partial charge in [-0.25, -0.2) is 0 Å². The molecule has 2 aromatic heterocycles. The van der Waals surface area contributed by atoms with Crippen molar-refractivity contribution >= 4 is 22.6 Å². The molecule has 2 heterocycles. The number of carbonyl (C=O) groups excluding carboxylic acids is 1. The van der Waals surface area contributed by atoms with Gasteiger partial charge in [0, 0.05) is 11.5 Å². The summed E-state index contributed by atoms with van der Waals surface area (Å²) in [6.45, 7) is 1.76. The molecule has 0 aliphatic carbocycles. The second-order valence-electron chi connectivity index (χ2n) is 4.38. The van der Waals surface area contributed by atoms with E-state index in [0.29, 0.717) is 23.0 Å². The van der Waals surface area contributed by atoms with E-state index in [0.717, 1.165) is 10.9 Å². The quantitative estimate of drug-likeness (QED) is 0.767. The highest BCUT2D eigenvalue weighted by Crippen LogP contribution is 2.25. The van der Waals surface area contributed by atoms with Crippen molar-refractivity contribution in [2.75, 3.05) is 12.4 Å². The lowest BCUT2D eigenvalue weighted by Gasteiger charge is -2.00. The normalized spacial score (nSPS) is 10.7. The number of benzene rings is 1. The molecule has 3 aromatic rings. The van der Waals surface area contributed by atoms with Crippen LogP contribution in [0.15, 0.2) is 34.9 Å². The SMILES string of the molecule is COc1cccc2cc(C(=O)Nc3cc(C)on3)[nH]c12. The third-order valence-corrected chi connectivity index (χ3v) is 2.95. The van der Waals surface area contributed by atoms with E-state index in [1.807, 2.05) is 18.2 Å². The van der Waals surface area contributed by atoms with Gasteiger partial charge in [-0.2, -0.15) is 0 Å². The molecule has 1 aromatic carbocycles. The average Bonchev–Trinajstić information content (AvgIpc) is 3.04. The molecule has 0 atom stereocenters. The molecule has 6 nitrogen and oxygen atoms in total. The summed E-state index contributed by atoms with van der Waals surface area (Å²) in [5, 5.41) is 7.29. The molecule has 0 fully saturated rings. The van der Waals surface area contributed by atoms with Gasteiger partial charge in [0.2, 0.25) is 0 Å². The predicted molar refractivity (Wildman–Crippen MR) is 74.0 cm³/mol. The molecule has 0 saturated carbocycles. The van der Waals surface area contributed by atoms with Gasteiger partial charge in [0.25, 0.3) is 5.91 Å². The van der Waals surface area contributed by atoms with Gasteiger partial charge in [-0.15, -0.1) is 0 Å². The number of rotatable bonds is 3. The Bertz CT molecular complexity index is 773. The van der Waals surface area contributed by atoms with Gasteiger partial charge in [0.1, 0.15) is 17.2 Å².